The quantitative estimate of drug-likeness (QED) is 0.639. The number of carbonyl (C=O) groups is 1. The third-order valence-electron chi connectivity index (χ3n) is 1.89. The van der Waals surface area contributed by atoms with Gasteiger partial charge in [0.05, 0.1) is 8.45 Å². The molecule has 1 N–H and O–H groups in total. The Labute approximate surface area is 107 Å². The van der Waals surface area contributed by atoms with Crippen LogP contribution in [0.4, 0.5) is 0 Å². The van der Waals surface area contributed by atoms with Gasteiger partial charge in [-0.2, -0.15) is 0 Å². The number of nitrogens with one attached hydrogen (secondary N) is 1. The van der Waals surface area contributed by atoms with E-state index in [0.717, 1.165) is 27.9 Å². The molecule has 0 saturated heterocycles. The van der Waals surface area contributed by atoms with Crippen LogP contribution in [0.2, 0.25) is 0 Å². The molecule has 3 nitrogen and oxygen atoms in total. The molecular formula is C10H14INO2S. The zero-order valence-corrected chi connectivity index (χ0v) is 11.6. The van der Waals surface area contributed by atoms with Crippen molar-refractivity contribution in [2.45, 2.75) is 12.8 Å². The van der Waals surface area contributed by atoms with Gasteiger partial charge in [0.25, 0.3) is 5.91 Å². The van der Waals surface area contributed by atoms with Crippen LogP contribution in [0.25, 0.3) is 0 Å². The molecule has 0 aromatic carbocycles. The molecule has 0 fully saturated rings. The molecule has 0 atom stereocenters. The van der Waals surface area contributed by atoms with Crippen LogP contribution in [0.3, 0.4) is 0 Å². The van der Waals surface area contributed by atoms with E-state index in [4.69, 9.17) is 4.74 Å². The normalized spacial score (nSPS) is 10.3. The molecule has 84 valence electrons. The molecule has 1 amide bonds. The molecule has 0 saturated carbocycles. The Morgan fingerprint density at radius 1 is 1.60 bits per heavy atom. The first-order valence-corrected chi connectivity index (χ1v) is 6.71. The number of ether oxygens (including phenoxy) is 1. The average molecular weight is 339 g/mol. The first kappa shape index (κ1) is 12.9. The lowest BCUT2D eigenvalue weighted by Crippen LogP contribution is -2.24. The fourth-order valence-corrected chi connectivity index (χ4v) is 2.43. The summed E-state index contributed by atoms with van der Waals surface area (Å²) in [4.78, 5) is 11.6. The summed E-state index contributed by atoms with van der Waals surface area (Å²) >= 11 is 3.80. The highest BCUT2D eigenvalue weighted by molar-refractivity contribution is 14.1. The number of hydrogen-bond donors (Lipinski definition) is 1. The maximum absolute atomic E-state index is 11.6. The predicted octanol–water partition coefficient (Wildman–Crippen LogP) is 2.51. The van der Waals surface area contributed by atoms with Crippen molar-refractivity contribution in [3.63, 3.8) is 0 Å². The molecular weight excluding hydrogens is 325 g/mol. The molecule has 0 radical (unpaired) electrons. The van der Waals surface area contributed by atoms with E-state index in [1.807, 2.05) is 11.4 Å². The lowest BCUT2D eigenvalue weighted by atomic mass is 10.3. The zero-order chi connectivity index (χ0) is 11.1. The first-order valence-electron chi connectivity index (χ1n) is 4.75. The van der Waals surface area contributed by atoms with Crippen LogP contribution >= 0.6 is 33.9 Å². The van der Waals surface area contributed by atoms with Gasteiger partial charge in [-0.25, -0.2) is 0 Å². The molecule has 0 aliphatic rings. The van der Waals surface area contributed by atoms with E-state index in [0.29, 0.717) is 6.54 Å². The van der Waals surface area contributed by atoms with Crippen LogP contribution in [-0.4, -0.2) is 26.2 Å². The van der Waals surface area contributed by atoms with Gasteiger partial charge in [0.2, 0.25) is 0 Å². The number of unbranched alkanes of at least 4 members (excludes halogenated alkanes) is 1. The van der Waals surface area contributed by atoms with Crippen molar-refractivity contribution in [1.82, 2.24) is 5.32 Å². The molecule has 0 spiro atoms. The van der Waals surface area contributed by atoms with Gasteiger partial charge >= 0.3 is 0 Å². The molecule has 15 heavy (non-hydrogen) atoms. The zero-order valence-electron chi connectivity index (χ0n) is 8.59. The Bertz CT molecular complexity index is 314. The van der Waals surface area contributed by atoms with Crippen LogP contribution in [-0.2, 0) is 4.74 Å². The van der Waals surface area contributed by atoms with Crippen molar-refractivity contribution in [2.75, 3.05) is 20.3 Å². The largest absolute Gasteiger partial charge is 0.385 e. The summed E-state index contributed by atoms with van der Waals surface area (Å²) in [5.41, 5.74) is 0.760. The van der Waals surface area contributed by atoms with Crippen molar-refractivity contribution in [2.24, 2.45) is 0 Å². The van der Waals surface area contributed by atoms with Crippen LogP contribution < -0.4 is 5.32 Å². The summed E-state index contributed by atoms with van der Waals surface area (Å²) in [6.07, 6.45) is 1.94. The molecule has 0 unspecified atom stereocenters. The number of carbonyl (C=O) groups excluding carboxylic acids is 1. The maximum atomic E-state index is 11.6. The summed E-state index contributed by atoms with van der Waals surface area (Å²) in [5, 5.41) is 4.76. The number of thiophene rings is 1. The second-order valence-corrected chi connectivity index (χ2v) is 5.90. The third-order valence-corrected chi connectivity index (χ3v) is 3.68. The third kappa shape index (κ3) is 4.94. The Balaban J connectivity index is 2.19. The molecule has 1 aromatic heterocycles. The summed E-state index contributed by atoms with van der Waals surface area (Å²) in [6, 6.07) is 1.90. The molecule has 0 aliphatic heterocycles. The lowest BCUT2D eigenvalue weighted by Gasteiger charge is -2.02. The van der Waals surface area contributed by atoms with E-state index in [-0.39, 0.29) is 5.91 Å². The summed E-state index contributed by atoms with van der Waals surface area (Å²) < 4.78 is 6.06. The van der Waals surface area contributed by atoms with Gasteiger partial charge in [-0.3, -0.25) is 4.79 Å². The number of rotatable bonds is 6. The predicted molar refractivity (Wildman–Crippen MR) is 70.5 cm³/mol. The van der Waals surface area contributed by atoms with E-state index in [2.05, 4.69) is 27.9 Å². The Hall–Kier alpha value is -0.140. The van der Waals surface area contributed by atoms with Crippen LogP contribution in [0, 0.1) is 2.88 Å². The fourth-order valence-electron chi connectivity index (χ4n) is 1.10. The van der Waals surface area contributed by atoms with Crippen LogP contribution in [0.1, 0.15) is 23.2 Å². The maximum Gasteiger partial charge on any atom is 0.252 e. The highest BCUT2D eigenvalue weighted by Crippen LogP contribution is 2.16. The SMILES string of the molecule is COCCCCNC(=O)c1csc(I)c1. The second-order valence-electron chi connectivity index (χ2n) is 3.10. The highest BCUT2D eigenvalue weighted by atomic mass is 127. The molecule has 1 heterocycles. The Kier molecular flexibility index (Phi) is 6.19. The van der Waals surface area contributed by atoms with Gasteiger partial charge in [0.15, 0.2) is 0 Å². The van der Waals surface area contributed by atoms with Crippen molar-refractivity contribution >= 4 is 39.8 Å². The smallest absolute Gasteiger partial charge is 0.252 e. The van der Waals surface area contributed by atoms with Gasteiger partial charge in [0.1, 0.15) is 0 Å². The Morgan fingerprint density at radius 3 is 3.00 bits per heavy atom. The van der Waals surface area contributed by atoms with Gasteiger partial charge in [0, 0.05) is 25.6 Å². The average Bonchev–Trinajstić information content (AvgIpc) is 2.64. The van der Waals surface area contributed by atoms with Gasteiger partial charge < -0.3 is 10.1 Å². The molecule has 0 aliphatic carbocycles. The minimum atomic E-state index is 0.0200. The number of methoxy groups -OCH3 is 1. The number of halogens is 1. The molecule has 1 rings (SSSR count). The number of hydrogen-bond acceptors (Lipinski definition) is 3. The van der Waals surface area contributed by atoms with Gasteiger partial charge in [-0.15, -0.1) is 11.3 Å². The van der Waals surface area contributed by atoms with Crippen molar-refractivity contribution in [3.05, 3.63) is 19.9 Å². The van der Waals surface area contributed by atoms with Crippen molar-refractivity contribution in [3.8, 4) is 0 Å². The second kappa shape index (κ2) is 7.19. The fraction of sp³-hybridized carbons (Fsp3) is 0.500. The molecule has 5 heteroatoms. The van der Waals surface area contributed by atoms with Crippen molar-refractivity contribution < 1.29 is 9.53 Å². The molecule has 0 bridgehead atoms. The topological polar surface area (TPSA) is 38.3 Å². The summed E-state index contributed by atoms with van der Waals surface area (Å²) in [7, 11) is 1.69. The number of amides is 1. The van der Waals surface area contributed by atoms with E-state index >= 15 is 0 Å². The van der Waals surface area contributed by atoms with E-state index in [1.165, 1.54) is 0 Å². The summed E-state index contributed by atoms with van der Waals surface area (Å²) in [5.74, 6) is 0.0200. The Morgan fingerprint density at radius 2 is 2.40 bits per heavy atom. The molecule has 1 aromatic rings. The van der Waals surface area contributed by atoms with E-state index in [9.17, 15) is 4.79 Å². The van der Waals surface area contributed by atoms with E-state index < -0.39 is 0 Å². The van der Waals surface area contributed by atoms with Crippen LogP contribution in [0.15, 0.2) is 11.4 Å². The minimum absolute atomic E-state index is 0.0200. The first-order chi connectivity index (χ1) is 7.24. The summed E-state index contributed by atoms with van der Waals surface area (Å²) in [6.45, 7) is 1.47. The monoisotopic (exact) mass is 339 g/mol. The lowest BCUT2D eigenvalue weighted by molar-refractivity contribution is 0.0952. The van der Waals surface area contributed by atoms with E-state index in [1.54, 1.807) is 18.4 Å². The minimum Gasteiger partial charge on any atom is -0.385 e. The standard InChI is InChI=1S/C10H14INO2S/c1-14-5-3-2-4-12-10(13)8-6-9(11)15-7-8/h6-7H,2-5H2,1H3,(H,12,13). The van der Waals surface area contributed by atoms with Gasteiger partial charge in [-0.1, -0.05) is 0 Å². The highest BCUT2D eigenvalue weighted by Gasteiger charge is 2.06. The van der Waals surface area contributed by atoms with Gasteiger partial charge in [-0.05, 0) is 41.5 Å². The van der Waals surface area contributed by atoms with Crippen LogP contribution in [0.5, 0.6) is 0 Å². The van der Waals surface area contributed by atoms with Crippen molar-refractivity contribution in [1.29, 1.82) is 0 Å².